The number of rotatable bonds is 14. The Morgan fingerprint density at radius 2 is 1.53 bits per heavy atom. The van der Waals surface area contributed by atoms with Crippen molar-refractivity contribution in [3.63, 3.8) is 0 Å². The highest BCUT2D eigenvalue weighted by molar-refractivity contribution is 6.02. The number of amides is 2. The maximum atomic E-state index is 13.1. The van der Waals surface area contributed by atoms with Crippen LogP contribution in [0.3, 0.4) is 0 Å². The van der Waals surface area contributed by atoms with E-state index < -0.39 is 42.3 Å². The zero-order valence-corrected chi connectivity index (χ0v) is 19.9. The largest absolute Gasteiger partial charge is 0.481 e. The molecule has 36 heavy (non-hydrogen) atoms. The number of carboxylic acids is 2. The lowest BCUT2D eigenvalue weighted by atomic mass is 10.0. The number of carbonyl (C=O) groups is 4. The highest BCUT2D eigenvalue weighted by Gasteiger charge is 2.37. The number of nitrogens with zero attached hydrogens (tertiary/aromatic N) is 1. The number of carboxylic acid groups (broad SMARTS) is 2. The van der Waals surface area contributed by atoms with Crippen molar-refractivity contribution < 1.29 is 29.4 Å². The first-order valence-corrected chi connectivity index (χ1v) is 11.6. The summed E-state index contributed by atoms with van der Waals surface area (Å²) in [4.78, 5) is 49.7. The number of unbranched alkanes of at least 4 members (excludes halogenated alkanes) is 2. The summed E-state index contributed by atoms with van der Waals surface area (Å²) in [6.07, 6.45) is 1.65. The fourth-order valence-electron chi connectivity index (χ4n) is 3.78. The molecular weight excluding hydrogens is 464 g/mol. The van der Waals surface area contributed by atoms with Crippen molar-refractivity contribution >= 4 is 29.6 Å². The SMILES string of the molecule is N=C(N)c1ccc(CCCCCC(=O)N(C(=O)[C@@H](N)CC(=O)O)[C@@H](Cc2ccccc2)C(=O)O)cc1. The van der Waals surface area contributed by atoms with Crippen LogP contribution in [0.4, 0.5) is 0 Å². The molecule has 7 N–H and O–H groups in total. The fraction of sp³-hybridized carbons (Fsp3) is 0.346. The zero-order chi connectivity index (χ0) is 26.7. The van der Waals surface area contributed by atoms with Gasteiger partial charge < -0.3 is 21.7 Å². The molecule has 2 aromatic rings. The van der Waals surface area contributed by atoms with Gasteiger partial charge in [0, 0.05) is 18.4 Å². The van der Waals surface area contributed by atoms with Crippen molar-refractivity contribution in [3.05, 3.63) is 71.3 Å². The molecule has 2 rings (SSSR count). The minimum absolute atomic E-state index is 0.00540. The van der Waals surface area contributed by atoms with Gasteiger partial charge in [-0.15, -0.1) is 0 Å². The molecule has 2 aromatic carbocycles. The highest BCUT2D eigenvalue weighted by atomic mass is 16.4. The van der Waals surface area contributed by atoms with Gasteiger partial charge in [-0.1, -0.05) is 61.0 Å². The molecule has 0 aromatic heterocycles. The van der Waals surface area contributed by atoms with Gasteiger partial charge in [-0.2, -0.15) is 0 Å². The van der Waals surface area contributed by atoms with Crippen LogP contribution in [0.25, 0.3) is 0 Å². The van der Waals surface area contributed by atoms with E-state index in [4.69, 9.17) is 22.0 Å². The summed E-state index contributed by atoms with van der Waals surface area (Å²) in [6.45, 7) is 0. The molecule has 10 nitrogen and oxygen atoms in total. The Bertz CT molecular complexity index is 1070. The van der Waals surface area contributed by atoms with Crippen molar-refractivity contribution in [2.24, 2.45) is 11.5 Å². The van der Waals surface area contributed by atoms with Crippen LogP contribution < -0.4 is 11.5 Å². The summed E-state index contributed by atoms with van der Waals surface area (Å²) >= 11 is 0. The van der Waals surface area contributed by atoms with E-state index in [0.29, 0.717) is 28.9 Å². The van der Waals surface area contributed by atoms with Gasteiger partial charge >= 0.3 is 11.9 Å². The second-order valence-electron chi connectivity index (χ2n) is 8.52. The van der Waals surface area contributed by atoms with E-state index in [-0.39, 0.29) is 18.7 Å². The van der Waals surface area contributed by atoms with Crippen LogP contribution in [0, 0.1) is 5.41 Å². The highest BCUT2D eigenvalue weighted by Crippen LogP contribution is 2.16. The molecule has 0 spiro atoms. The van der Waals surface area contributed by atoms with Crippen molar-refractivity contribution in [2.45, 2.75) is 57.0 Å². The summed E-state index contributed by atoms with van der Waals surface area (Å²) in [7, 11) is 0. The first-order chi connectivity index (χ1) is 17.1. The molecule has 0 heterocycles. The molecular formula is C26H32N4O6. The lowest BCUT2D eigenvalue weighted by molar-refractivity contribution is -0.159. The van der Waals surface area contributed by atoms with Gasteiger partial charge in [-0.25, -0.2) is 4.79 Å². The van der Waals surface area contributed by atoms with Gasteiger partial charge in [-0.05, 0) is 30.4 Å². The van der Waals surface area contributed by atoms with Crippen LogP contribution in [-0.2, 0) is 32.0 Å². The van der Waals surface area contributed by atoms with E-state index in [1.165, 1.54) is 0 Å². The van der Waals surface area contributed by atoms with E-state index in [1.54, 1.807) is 42.5 Å². The fourth-order valence-corrected chi connectivity index (χ4v) is 3.78. The maximum absolute atomic E-state index is 13.1. The Kier molecular flexibility index (Phi) is 10.8. The molecule has 0 radical (unpaired) electrons. The number of amidine groups is 1. The molecule has 0 fully saturated rings. The zero-order valence-electron chi connectivity index (χ0n) is 19.9. The number of aliphatic carboxylic acids is 2. The second kappa shape index (κ2) is 13.7. The summed E-state index contributed by atoms with van der Waals surface area (Å²) in [5, 5.41) is 26.3. The Labute approximate surface area is 209 Å². The third-order valence-electron chi connectivity index (χ3n) is 5.71. The van der Waals surface area contributed by atoms with Crippen molar-refractivity contribution in [1.82, 2.24) is 4.90 Å². The molecule has 0 saturated heterocycles. The van der Waals surface area contributed by atoms with Crippen molar-refractivity contribution in [1.29, 1.82) is 5.41 Å². The monoisotopic (exact) mass is 496 g/mol. The van der Waals surface area contributed by atoms with E-state index in [2.05, 4.69) is 0 Å². The Hall–Kier alpha value is -4.05. The Morgan fingerprint density at radius 3 is 2.08 bits per heavy atom. The van der Waals surface area contributed by atoms with Crippen LogP contribution >= 0.6 is 0 Å². The van der Waals surface area contributed by atoms with Crippen LogP contribution in [-0.4, -0.2) is 56.8 Å². The number of aryl methyl sites for hydroxylation is 1. The smallest absolute Gasteiger partial charge is 0.327 e. The minimum Gasteiger partial charge on any atom is -0.481 e. The lowest BCUT2D eigenvalue weighted by Crippen LogP contribution is -2.55. The first-order valence-electron chi connectivity index (χ1n) is 11.6. The van der Waals surface area contributed by atoms with E-state index in [9.17, 15) is 24.3 Å². The standard InChI is InChI=1S/C26H32N4O6/c27-20(16-23(32)33)25(34)30(21(26(35)36)15-18-8-4-1-5-9-18)22(31)10-6-2-3-7-17-11-13-19(14-12-17)24(28)29/h1,4-5,8-9,11-14,20-21H,2-3,6-7,10,15-16,27H2,(H3,28,29)(H,32,33)(H,35,36)/t20-,21-/m0/s1. The average molecular weight is 497 g/mol. The van der Waals surface area contributed by atoms with Crippen LogP contribution in [0.2, 0.25) is 0 Å². The number of nitrogen functional groups attached to an aromatic ring is 1. The summed E-state index contributed by atoms with van der Waals surface area (Å²) in [6, 6.07) is 12.8. The predicted octanol–water partition coefficient (Wildman–Crippen LogP) is 1.93. The third kappa shape index (κ3) is 8.62. The molecule has 10 heteroatoms. The Balaban J connectivity index is 2.05. The quantitative estimate of drug-likeness (QED) is 0.149. The number of nitrogens with two attached hydrogens (primary N) is 2. The van der Waals surface area contributed by atoms with Crippen molar-refractivity contribution in [2.75, 3.05) is 0 Å². The number of hydrogen-bond acceptors (Lipinski definition) is 6. The van der Waals surface area contributed by atoms with E-state index >= 15 is 0 Å². The number of nitrogens with one attached hydrogen (secondary N) is 1. The van der Waals surface area contributed by atoms with Gasteiger partial charge in [0.2, 0.25) is 11.8 Å². The predicted molar refractivity (Wildman–Crippen MR) is 133 cm³/mol. The molecule has 2 amide bonds. The second-order valence-corrected chi connectivity index (χ2v) is 8.52. The molecule has 0 saturated carbocycles. The normalized spacial score (nSPS) is 12.4. The molecule has 0 unspecified atom stereocenters. The maximum Gasteiger partial charge on any atom is 0.327 e. The molecule has 192 valence electrons. The first kappa shape index (κ1) is 28.2. The lowest BCUT2D eigenvalue weighted by Gasteiger charge is -2.29. The Morgan fingerprint density at radius 1 is 0.889 bits per heavy atom. The number of carbonyl (C=O) groups excluding carboxylic acids is 2. The molecule has 2 atom stereocenters. The van der Waals surface area contributed by atoms with E-state index in [1.807, 2.05) is 12.1 Å². The van der Waals surface area contributed by atoms with Gasteiger partial charge in [0.25, 0.3) is 0 Å². The van der Waals surface area contributed by atoms with Crippen LogP contribution in [0.1, 0.15) is 48.8 Å². The minimum atomic E-state index is -1.54. The molecule has 0 bridgehead atoms. The number of benzene rings is 2. The molecule has 0 aliphatic carbocycles. The summed E-state index contributed by atoms with van der Waals surface area (Å²) in [5.74, 6) is -4.42. The summed E-state index contributed by atoms with van der Waals surface area (Å²) < 4.78 is 0. The summed E-state index contributed by atoms with van der Waals surface area (Å²) in [5.41, 5.74) is 13.5. The third-order valence-corrected chi connectivity index (χ3v) is 5.71. The molecule has 0 aliphatic rings. The molecule has 0 aliphatic heterocycles. The van der Waals surface area contributed by atoms with E-state index in [0.717, 1.165) is 18.4 Å². The van der Waals surface area contributed by atoms with Gasteiger partial charge in [0.05, 0.1) is 12.5 Å². The van der Waals surface area contributed by atoms with Crippen LogP contribution in [0.5, 0.6) is 0 Å². The topological polar surface area (TPSA) is 188 Å². The average Bonchev–Trinajstić information content (AvgIpc) is 2.83. The number of hydrogen-bond donors (Lipinski definition) is 5. The van der Waals surface area contributed by atoms with Crippen LogP contribution in [0.15, 0.2) is 54.6 Å². The van der Waals surface area contributed by atoms with Crippen molar-refractivity contribution in [3.8, 4) is 0 Å². The van der Waals surface area contributed by atoms with Gasteiger partial charge in [-0.3, -0.25) is 24.7 Å². The van der Waals surface area contributed by atoms with Gasteiger partial charge in [0.1, 0.15) is 11.9 Å². The van der Waals surface area contributed by atoms with Gasteiger partial charge in [0.15, 0.2) is 0 Å². The number of imide groups is 1.